The Labute approximate surface area is 115 Å². The number of aryl methyl sites for hydroxylation is 1. The Balaban J connectivity index is 2.42. The summed E-state index contributed by atoms with van der Waals surface area (Å²) in [5, 5.41) is 11.2. The van der Waals surface area contributed by atoms with E-state index in [0.717, 1.165) is 21.8 Å². The van der Waals surface area contributed by atoms with Crippen molar-refractivity contribution in [3.05, 3.63) is 51.7 Å². The molecule has 0 aliphatic rings. The maximum atomic E-state index is 11.3. The fraction of sp³-hybridized carbons (Fsp3) is 0.133. The van der Waals surface area contributed by atoms with Crippen LogP contribution in [0.25, 0.3) is 11.6 Å². The van der Waals surface area contributed by atoms with Crippen LogP contribution in [0.5, 0.6) is 5.75 Å². The van der Waals surface area contributed by atoms with Crippen molar-refractivity contribution in [2.45, 2.75) is 6.92 Å². The van der Waals surface area contributed by atoms with Crippen LogP contribution in [0.3, 0.4) is 0 Å². The largest absolute Gasteiger partial charge is 0.496 e. The Bertz CT molecular complexity index is 612. The number of ether oxygens (including phenoxy) is 1. The third-order valence-corrected chi connectivity index (χ3v) is 3.65. The number of benzene rings is 1. The molecule has 2 aromatic rings. The van der Waals surface area contributed by atoms with Gasteiger partial charge in [0.2, 0.25) is 0 Å². The molecule has 0 unspecified atom stereocenters. The van der Waals surface area contributed by atoms with Crippen LogP contribution < -0.4 is 4.74 Å². The summed E-state index contributed by atoms with van der Waals surface area (Å²) in [6.45, 7) is 1.93. The summed E-state index contributed by atoms with van der Waals surface area (Å²) in [7, 11) is 1.62. The van der Waals surface area contributed by atoms with Crippen LogP contribution >= 0.6 is 11.3 Å². The van der Waals surface area contributed by atoms with Gasteiger partial charge in [-0.25, -0.2) is 4.79 Å². The zero-order chi connectivity index (χ0) is 13.8. The van der Waals surface area contributed by atoms with E-state index in [1.54, 1.807) is 19.3 Å². The van der Waals surface area contributed by atoms with Gasteiger partial charge in [0.25, 0.3) is 0 Å². The molecular formula is C15H14O3S. The Hall–Kier alpha value is -2.07. The highest BCUT2D eigenvalue weighted by Gasteiger charge is 2.11. The van der Waals surface area contributed by atoms with Crippen LogP contribution in [-0.2, 0) is 4.79 Å². The second-order valence-corrected chi connectivity index (χ2v) is 5.02. The van der Waals surface area contributed by atoms with Crippen molar-refractivity contribution in [3.63, 3.8) is 0 Å². The lowest BCUT2D eigenvalue weighted by Crippen LogP contribution is -1.97. The predicted molar refractivity (Wildman–Crippen MR) is 77.6 cm³/mol. The van der Waals surface area contributed by atoms with E-state index in [9.17, 15) is 9.90 Å². The van der Waals surface area contributed by atoms with E-state index in [2.05, 4.69) is 0 Å². The maximum Gasteiger partial charge on any atom is 0.337 e. The van der Waals surface area contributed by atoms with Crippen LogP contribution in [0.1, 0.15) is 16.0 Å². The number of carboxylic acids is 1. The molecule has 1 aromatic carbocycles. The zero-order valence-corrected chi connectivity index (χ0v) is 11.5. The Morgan fingerprint density at radius 1 is 1.37 bits per heavy atom. The summed E-state index contributed by atoms with van der Waals surface area (Å²) in [6.07, 6.45) is 1.68. The van der Waals surface area contributed by atoms with Crippen LogP contribution in [0.4, 0.5) is 0 Å². The lowest BCUT2D eigenvalue weighted by atomic mass is 10.1. The molecule has 0 saturated heterocycles. The van der Waals surface area contributed by atoms with Gasteiger partial charge in [-0.05, 0) is 47.7 Å². The molecule has 0 radical (unpaired) electrons. The number of methoxy groups -OCH3 is 1. The SMILES string of the molecule is COc1ccc(/C=C(\C(=O)O)c2cccs2)cc1C. The fourth-order valence-electron chi connectivity index (χ4n) is 1.83. The van der Waals surface area contributed by atoms with E-state index in [1.165, 1.54) is 11.3 Å². The fourth-order valence-corrected chi connectivity index (χ4v) is 2.56. The highest BCUT2D eigenvalue weighted by atomic mass is 32.1. The van der Waals surface area contributed by atoms with E-state index in [0.29, 0.717) is 5.57 Å². The molecule has 0 spiro atoms. The van der Waals surface area contributed by atoms with E-state index in [-0.39, 0.29) is 0 Å². The zero-order valence-electron chi connectivity index (χ0n) is 10.7. The van der Waals surface area contributed by atoms with E-state index >= 15 is 0 Å². The summed E-state index contributed by atoms with van der Waals surface area (Å²) < 4.78 is 5.19. The minimum absolute atomic E-state index is 0.305. The van der Waals surface area contributed by atoms with Crippen molar-refractivity contribution in [1.29, 1.82) is 0 Å². The number of rotatable bonds is 4. The van der Waals surface area contributed by atoms with Crippen LogP contribution in [0.15, 0.2) is 35.7 Å². The molecule has 0 aliphatic carbocycles. The summed E-state index contributed by atoms with van der Waals surface area (Å²) in [6, 6.07) is 9.25. The first-order valence-corrected chi connectivity index (χ1v) is 6.63. The Morgan fingerprint density at radius 2 is 2.16 bits per heavy atom. The summed E-state index contributed by atoms with van der Waals surface area (Å²) in [4.78, 5) is 12.1. The van der Waals surface area contributed by atoms with Crippen molar-refractivity contribution in [2.24, 2.45) is 0 Å². The topological polar surface area (TPSA) is 46.5 Å². The standard InChI is InChI=1S/C15H14O3S/c1-10-8-11(5-6-13(10)18-2)9-12(15(16)17)14-4-3-7-19-14/h3-9H,1-2H3,(H,16,17)/b12-9-. The second-order valence-electron chi connectivity index (χ2n) is 4.07. The molecule has 19 heavy (non-hydrogen) atoms. The Kier molecular flexibility index (Phi) is 4.02. The monoisotopic (exact) mass is 274 g/mol. The van der Waals surface area contributed by atoms with Gasteiger partial charge in [-0.2, -0.15) is 0 Å². The summed E-state index contributed by atoms with van der Waals surface area (Å²) >= 11 is 1.42. The van der Waals surface area contributed by atoms with Crippen molar-refractivity contribution >= 4 is 29.0 Å². The van der Waals surface area contributed by atoms with Gasteiger partial charge in [-0.15, -0.1) is 11.3 Å². The van der Waals surface area contributed by atoms with Gasteiger partial charge < -0.3 is 9.84 Å². The van der Waals surface area contributed by atoms with Crippen molar-refractivity contribution in [3.8, 4) is 5.75 Å². The average molecular weight is 274 g/mol. The van der Waals surface area contributed by atoms with Crippen molar-refractivity contribution < 1.29 is 14.6 Å². The first-order valence-electron chi connectivity index (χ1n) is 5.75. The van der Waals surface area contributed by atoms with E-state index < -0.39 is 5.97 Å². The molecule has 98 valence electrons. The molecule has 0 saturated carbocycles. The molecule has 1 heterocycles. The van der Waals surface area contributed by atoms with Gasteiger partial charge in [0.05, 0.1) is 12.7 Å². The van der Waals surface area contributed by atoms with Crippen LogP contribution in [0.2, 0.25) is 0 Å². The third kappa shape index (κ3) is 3.03. The molecule has 2 rings (SSSR count). The number of thiophene rings is 1. The molecule has 0 aliphatic heterocycles. The molecule has 3 nitrogen and oxygen atoms in total. The number of hydrogen-bond donors (Lipinski definition) is 1. The van der Waals surface area contributed by atoms with Gasteiger partial charge in [0.1, 0.15) is 5.75 Å². The first kappa shape index (κ1) is 13.4. The Morgan fingerprint density at radius 3 is 2.68 bits per heavy atom. The molecule has 1 aromatic heterocycles. The van der Waals surface area contributed by atoms with Crippen LogP contribution in [-0.4, -0.2) is 18.2 Å². The highest BCUT2D eigenvalue weighted by molar-refractivity contribution is 7.11. The predicted octanol–water partition coefficient (Wildman–Crippen LogP) is 3.69. The van der Waals surface area contributed by atoms with Crippen LogP contribution in [0, 0.1) is 6.92 Å². The third-order valence-electron chi connectivity index (χ3n) is 2.75. The smallest absolute Gasteiger partial charge is 0.337 e. The second kappa shape index (κ2) is 5.71. The maximum absolute atomic E-state index is 11.3. The number of hydrogen-bond acceptors (Lipinski definition) is 3. The van der Waals surface area contributed by atoms with E-state index in [1.807, 2.05) is 36.6 Å². The minimum atomic E-state index is -0.920. The molecule has 1 N–H and O–H groups in total. The lowest BCUT2D eigenvalue weighted by Gasteiger charge is -2.06. The summed E-state index contributed by atoms with van der Waals surface area (Å²) in [5.41, 5.74) is 2.14. The van der Waals surface area contributed by atoms with Gasteiger partial charge in [-0.1, -0.05) is 12.1 Å². The normalized spacial score (nSPS) is 11.4. The first-order chi connectivity index (χ1) is 9.11. The minimum Gasteiger partial charge on any atom is -0.496 e. The van der Waals surface area contributed by atoms with Crippen molar-refractivity contribution in [2.75, 3.05) is 7.11 Å². The van der Waals surface area contributed by atoms with E-state index in [4.69, 9.17) is 4.74 Å². The molecular weight excluding hydrogens is 260 g/mol. The molecule has 4 heteroatoms. The quantitative estimate of drug-likeness (QED) is 0.865. The molecule has 0 atom stereocenters. The van der Waals surface area contributed by atoms with Gasteiger partial charge in [0, 0.05) is 4.88 Å². The van der Waals surface area contributed by atoms with Crippen molar-refractivity contribution in [1.82, 2.24) is 0 Å². The van der Waals surface area contributed by atoms with Gasteiger partial charge >= 0.3 is 5.97 Å². The van der Waals surface area contributed by atoms with Gasteiger partial charge in [-0.3, -0.25) is 0 Å². The van der Waals surface area contributed by atoms with Gasteiger partial charge in [0.15, 0.2) is 0 Å². The molecule has 0 amide bonds. The number of carboxylic acid groups (broad SMARTS) is 1. The molecule has 0 bridgehead atoms. The average Bonchev–Trinajstić information content (AvgIpc) is 2.89. The molecule has 0 fully saturated rings. The lowest BCUT2D eigenvalue weighted by molar-refractivity contribution is -0.130. The highest BCUT2D eigenvalue weighted by Crippen LogP contribution is 2.25. The summed E-state index contributed by atoms with van der Waals surface area (Å²) in [5.74, 6) is -0.124. The number of aliphatic carboxylic acids is 1. The number of carbonyl (C=O) groups is 1.